The zero-order valence-corrected chi connectivity index (χ0v) is 7.27. The van der Waals surface area contributed by atoms with E-state index in [1.165, 1.54) is 5.25 Å². The van der Waals surface area contributed by atoms with Gasteiger partial charge < -0.3 is 0 Å². The molecule has 1 aliphatic heterocycles. The van der Waals surface area contributed by atoms with Gasteiger partial charge in [-0.2, -0.15) is 0 Å². The van der Waals surface area contributed by atoms with Crippen molar-refractivity contribution in [3.05, 3.63) is 34.8 Å². The molecule has 0 amide bonds. The Bertz CT molecular complexity index is 196. The van der Waals surface area contributed by atoms with Crippen molar-refractivity contribution >= 4 is 15.4 Å². The van der Waals surface area contributed by atoms with Gasteiger partial charge in [-0.1, -0.05) is 0 Å². The molecule has 2 radical (unpaired) electrons. The van der Waals surface area contributed by atoms with Crippen molar-refractivity contribution in [3.63, 3.8) is 0 Å². The maximum absolute atomic E-state index is 2.46. The second kappa shape index (κ2) is 2.18. The van der Waals surface area contributed by atoms with Crippen LogP contribution in [-0.2, 0) is 0 Å². The zero-order valence-electron chi connectivity index (χ0n) is 5.17. The fourth-order valence-electron chi connectivity index (χ4n) is 1.24. The summed E-state index contributed by atoms with van der Waals surface area (Å²) in [6, 6.07) is 0. The Kier molecular flexibility index (Phi) is 1.34. The van der Waals surface area contributed by atoms with Crippen LogP contribution in [0.25, 0.3) is 0 Å². The summed E-state index contributed by atoms with van der Waals surface area (Å²) in [5, 5.41) is 1.45. The Morgan fingerprint density at radius 1 is 1.44 bits per heavy atom. The van der Waals surface area contributed by atoms with Crippen LogP contribution in [0.1, 0.15) is 0 Å². The molecule has 1 heterocycles. The van der Waals surface area contributed by atoms with E-state index in [-0.39, 0.29) is 0 Å². The summed E-state index contributed by atoms with van der Waals surface area (Å²) >= 11 is 0.309. The van der Waals surface area contributed by atoms with E-state index in [4.69, 9.17) is 0 Å². The normalized spacial score (nSPS) is 30.2. The number of hydrogen-bond donors (Lipinski definition) is 0. The third-order valence-electron chi connectivity index (χ3n) is 1.78. The van der Waals surface area contributed by atoms with Crippen LogP contribution >= 0.6 is 0 Å². The van der Waals surface area contributed by atoms with Gasteiger partial charge in [-0.05, 0) is 0 Å². The molecule has 0 aromatic heterocycles. The molecular weight excluding hydrogens is 169 g/mol. The van der Waals surface area contributed by atoms with Crippen molar-refractivity contribution in [2.45, 2.75) is 5.25 Å². The van der Waals surface area contributed by atoms with Crippen molar-refractivity contribution in [2.75, 3.05) is 0 Å². The van der Waals surface area contributed by atoms with Gasteiger partial charge >= 0.3 is 61.4 Å². The zero-order chi connectivity index (χ0) is 6.10. The maximum atomic E-state index is 2.46. The molecular formula is C8H8Ge. The minimum absolute atomic E-state index is 0.309. The van der Waals surface area contributed by atoms with E-state index >= 15 is 0 Å². The van der Waals surface area contributed by atoms with Crippen molar-refractivity contribution < 1.29 is 0 Å². The van der Waals surface area contributed by atoms with E-state index in [9.17, 15) is 0 Å². The molecule has 1 heteroatoms. The molecule has 0 aromatic rings. The van der Waals surface area contributed by atoms with Crippen LogP contribution in [0, 0.1) is 5.92 Å². The predicted molar refractivity (Wildman–Crippen MR) is 40.4 cm³/mol. The second-order valence-electron chi connectivity index (χ2n) is 2.40. The number of fused-ring (bicyclic) bond motifs is 1. The first kappa shape index (κ1) is 5.54. The van der Waals surface area contributed by atoms with E-state index in [2.05, 4.69) is 29.2 Å². The molecule has 0 spiro atoms. The molecule has 0 aromatic carbocycles. The first-order chi connectivity index (χ1) is 4.47. The van der Waals surface area contributed by atoms with Crippen LogP contribution in [0.2, 0.25) is 5.25 Å². The Balaban J connectivity index is 2.33. The molecule has 0 N–H and O–H groups in total. The standard InChI is InChI=1S/C8H8Ge/c1-2-4-8-6-9-5-7(8)3-1/h1-5,8H,6H2. The summed E-state index contributed by atoms with van der Waals surface area (Å²) < 4.78 is 0. The summed E-state index contributed by atoms with van der Waals surface area (Å²) in [6.45, 7) is 0. The summed E-state index contributed by atoms with van der Waals surface area (Å²) in [5.74, 6) is 0.815. The third kappa shape index (κ3) is 0.917. The van der Waals surface area contributed by atoms with Gasteiger partial charge in [0.05, 0.1) is 0 Å². The fraction of sp³-hybridized carbons (Fsp3) is 0.250. The Labute approximate surface area is 61.8 Å². The SMILES string of the molecule is C1=CC2=[CH][Ge][CH2]C2C=C1. The third-order valence-corrected chi connectivity index (χ3v) is 4.32. The van der Waals surface area contributed by atoms with E-state index in [1.54, 1.807) is 5.57 Å². The second-order valence-corrected chi connectivity index (χ2v) is 4.72. The molecule has 44 valence electrons. The number of allylic oxidation sites excluding steroid dienone is 5. The summed E-state index contributed by atoms with van der Waals surface area (Å²) in [5.41, 5.74) is 1.58. The average Bonchev–Trinajstić information content (AvgIpc) is 2.33. The molecule has 1 aliphatic carbocycles. The van der Waals surface area contributed by atoms with Crippen LogP contribution in [-0.4, -0.2) is 15.4 Å². The summed E-state index contributed by atoms with van der Waals surface area (Å²) in [4.78, 5) is 2.46. The molecule has 2 aliphatic rings. The van der Waals surface area contributed by atoms with Crippen molar-refractivity contribution in [1.29, 1.82) is 0 Å². The van der Waals surface area contributed by atoms with Crippen LogP contribution in [0.3, 0.4) is 0 Å². The van der Waals surface area contributed by atoms with Crippen molar-refractivity contribution in [2.24, 2.45) is 5.92 Å². The Morgan fingerprint density at radius 2 is 2.44 bits per heavy atom. The molecule has 1 atom stereocenters. The van der Waals surface area contributed by atoms with Gasteiger partial charge in [-0.3, -0.25) is 0 Å². The molecule has 2 rings (SSSR count). The Morgan fingerprint density at radius 3 is 3.33 bits per heavy atom. The van der Waals surface area contributed by atoms with Crippen LogP contribution in [0.15, 0.2) is 34.8 Å². The van der Waals surface area contributed by atoms with Gasteiger partial charge in [0.2, 0.25) is 0 Å². The molecule has 0 fully saturated rings. The van der Waals surface area contributed by atoms with Crippen LogP contribution < -0.4 is 0 Å². The number of rotatable bonds is 0. The van der Waals surface area contributed by atoms with Crippen LogP contribution in [0.4, 0.5) is 0 Å². The summed E-state index contributed by atoms with van der Waals surface area (Å²) in [7, 11) is 0. The van der Waals surface area contributed by atoms with Gasteiger partial charge in [0.1, 0.15) is 0 Å². The molecule has 0 saturated carbocycles. The van der Waals surface area contributed by atoms with E-state index in [0.717, 1.165) is 5.92 Å². The van der Waals surface area contributed by atoms with Gasteiger partial charge in [0.15, 0.2) is 0 Å². The van der Waals surface area contributed by atoms with Crippen molar-refractivity contribution in [3.8, 4) is 0 Å². The topological polar surface area (TPSA) is 0 Å². The molecule has 0 bridgehead atoms. The van der Waals surface area contributed by atoms with Gasteiger partial charge in [-0.15, -0.1) is 0 Å². The fourth-order valence-corrected chi connectivity index (χ4v) is 3.95. The quantitative estimate of drug-likeness (QED) is 0.494. The Hall–Kier alpha value is -0.237. The van der Waals surface area contributed by atoms with Crippen LogP contribution in [0.5, 0.6) is 0 Å². The van der Waals surface area contributed by atoms with Gasteiger partial charge in [-0.25, -0.2) is 0 Å². The molecule has 9 heavy (non-hydrogen) atoms. The van der Waals surface area contributed by atoms with E-state index < -0.39 is 0 Å². The number of hydrogen-bond acceptors (Lipinski definition) is 0. The average molecular weight is 177 g/mol. The first-order valence-corrected chi connectivity index (χ1v) is 5.94. The van der Waals surface area contributed by atoms with E-state index in [1.807, 2.05) is 0 Å². The molecule has 0 nitrogen and oxygen atoms in total. The first-order valence-electron chi connectivity index (χ1n) is 3.25. The predicted octanol–water partition coefficient (Wildman–Crippen LogP) is 1.75. The molecule has 1 unspecified atom stereocenters. The van der Waals surface area contributed by atoms with E-state index in [0.29, 0.717) is 15.4 Å². The van der Waals surface area contributed by atoms with Crippen molar-refractivity contribution in [1.82, 2.24) is 0 Å². The molecule has 0 saturated heterocycles. The van der Waals surface area contributed by atoms with Gasteiger partial charge in [0.25, 0.3) is 0 Å². The van der Waals surface area contributed by atoms with Gasteiger partial charge in [0, 0.05) is 0 Å². The minimum atomic E-state index is 0.309. The summed E-state index contributed by atoms with van der Waals surface area (Å²) in [6.07, 6.45) is 8.88. The monoisotopic (exact) mass is 178 g/mol.